The third kappa shape index (κ3) is 4.20. The Morgan fingerprint density at radius 2 is 2.42 bits per heavy atom. The molecule has 0 unspecified atom stereocenters. The van der Waals surface area contributed by atoms with Gasteiger partial charge in [0.25, 0.3) is 5.91 Å². The predicted octanol–water partition coefficient (Wildman–Crippen LogP) is 2.59. The summed E-state index contributed by atoms with van der Waals surface area (Å²) < 4.78 is 5.24. The molecule has 1 saturated heterocycles. The van der Waals surface area contributed by atoms with Crippen LogP contribution in [0.5, 0.6) is 0 Å². The monoisotopic (exact) mass is 328 g/mol. The van der Waals surface area contributed by atoms with Crippen LogP contribution in [0.3, 0.4) is 0 Å². The second kappa shape index (κ2) is 8.06. The molecule has 3 heterocycles. The van der Waals surface area contributed by atoms with Crippen molar-refractivity contribution in [3.05, 3.63) is 47.6 Å². The fraction of sp³-hybridized carbons (Fsp3) is 0.500. The molecule has 0 saturated carbocycles. The van der Waals surface area contributed by atoms with Crippen LogP contribution in [-0.4, -0.2) is 40.6 Å². The van der Waals surface area contributed by atoms with Gasteiger partial charge in [0.15, 0.2) is 0 Å². The van der Waals surface area contributed by atoms with Gasteiger partial charge in [-0.15, -0.1) is 0 Å². The van der Waals surface area contributed by atoms with Gasteiger partial charge in [-0.3, -0.25) is 14.7 Å². The molecule has 128 valence electrons. The lowest BCUT2D eigenvalue weighted by Gasteiger charge is -2.31. The Kier molecular flexibility index (Phi) is 5.59. The summed E-state index contributed by atoms with van der Waals surface area (Å²) in [6.07, 6.45) is 6.80. The summed E-state index contributed by atoms with van der Waals surface area (Å²) in [5.74, 6) is 0.438. The quantitative estimate of drug-likeness (QED) is 0.882. The second-order valence-corrected chi connectivity index (χ2v) is 6.31. The molecule has 0 spiro atoms. The standard InChI is InChI=1S/C18H24N4O2/c1-2-7-20-18(23)17-10-16(21-24-17)15-6-4-9-22(13-15)12-14-5-3-8-19-11-14/h3,5,8,10-11,15H,2,4,6-7,9,12-13H2,1H3,(H,20,23)/t15-/m1/s1. The molecule has 1 aliphatic heterocycles. The molecule has 1 amide bonds. The van der Waals surface area contributed by atoms with Crippen LogP contribution in [0.2, 0.25) is 0 Å². The SMILES string of the molecule is CCCNC(=O)c1cc([C@@H]2CCCN(Cc3cccnc3)C2)no1. The highest BCUT2D eigenvalue weighted by Gasteiger charge is 2.25. The van der Waals surface area contributed by atoms with E-state index in [2.05, 4.69) is 26.4 Å². The minimum atomic E-state index is -0.182. The van der Waals surface area contributed by atoms with E-state index in [4.69, 9.17) is 4.52 Å². The zero-order valence-corrected chi connectivity index (χ0v) is 14.1. The van der Waals surface area contributed by atoms with Crippen LogP contribution in [0.1, 0.15) is 53.9 Å². The lowest BCUT2D eigenvalue weighted by atomic mass is 9.94. The van der Waals surface area contributed by atoms with Crippen molar-refractivity contribution in [2.75, 3.05) is 19.6 Å². The van der Waals surface area contributed by atoms with Gasteiger partial charge in [-0.05, 0) is 37.4 Å². The van der Waals surface area contributed by atoms with E-state index in [1.165, 1.54) is 5.56 Å². The number of carbonyl (C=O) groups excluding carboxylic acids is 1. The number of pyridine rings is 1. The van der Waals surface area contributed by atoms with Crippen LogP contribution in [0.4, 0.5) is 0 Å². The summed E-state index contributed by atoms with van der Waals surface area (Å²) in [4.78, 5) is 18.5. The van der Waals surface area contributed by atoms with Gasteiger partial charge in [0.2, 0.25) is 5.76 Å². The van der Waals surface area contributed by atoms with Crippen molar-refractivity contribution >= 4 is 5.91 Å². The van der Waals surface area contributed by atoms with Gasteiger partial charge in [-0.2, -0.15) is 0 Å². The van der Waals surface area contributed by atoms with Crippen LogP contribution >= 0.6 is 0 Å². The Hall–Kier alpha value is -2.21. The van der Waals surface area contributed by atoms with Gasteiger partial charge in [-0.25, -0.2) is 0 Å². The normalized spacial score (nSPS) is 18.5. The molecule has 2 aromatic heterocycles. The van der Waals surface area contributed by atoms with E-state index in [9.17, 15) is 4.79 Å². The van der Waals surface area contributed by atoms with Crippen LogP contribution in [0.15, 0.2) is 35.1 Å². The zero-order valence-electron chi connectivity index (χ0n) is 14.1. The molecule has 6 heteroatoms. The molecule has 1 fully saturated rings. The van der Waals surface area contributed by atoms with E-state index in [-0.39, 0.29) is 5.91 Å². The summed E-state index contributed by atoms with van der Waals surface area (Å²) in [5.41, 5.74) is 2.10. The molecule has 3 rings (SSSR count). The van der Waals surface area contributed by atoms with E-state index in [0.717, 1.165) is 44.6 Å². The van der Waals surface area contributed by atoms with Gasteiger partial charge < -0.3 is 9.84 Å². The average molecular weight is 328 g/mol. The molecule has 6 nitrogen and oxygen atoms in total. The number of amides is 1. The first kappa shape index (κ1) is 16.6. The molecule has 1 N–H and O–H groups in total. The maximum absolute atomic E-state index is 11.9. The molecule has 1 aliphatic rings. The largest absolute Gasteiger partial charge is 0.351 e. The first-order valence-corrected chi connectivity index (χ1v) is 8.62. The summed E-state index contributed by atoms with van der Waals surface area (Å²) in [5, 5.41) is 6.95. The molecule has 0 bridgehead atoms. The molecule has 0 radical (unpaired) electrons. The Balaban J connectivity index is 1.60. The molecule has 1 atom stereocenters. The van der Waals surface area contributed by atoms with Crippen molar-refractivity contribution in [2.45, 2.75) is 38.6 Å². The van der Waals surface area contributed by atoms with Crippen LogP contribution in [0.25, 0.3) is 0 Å². The van der Waals surface area contributed by atoms with Gasteiger partial charge in [0.1, 0.15) is 0 Å². The predicted molar refractivity (Wildman–Crippen MR) is 90.6 cm³/mol. The molecule has 24 heavy (non-hydrogen) atoms. The minimum Gasteiger partial charge on any atom is -0.351 e. The van der Waals surface area contributed by atoms with Crippen molar-refractivity contribution in [3.63, 3.8) is 0 Å². The van der Waals surface area contributed by atoms with Crippen molar-refractivity contribution in [1.29, 1.82) is 0 Å². The summed E-state index contributed by atoms with van der Waals surface area (Å²) in [6, 6.07) is 5.86. The number of hydrogen-bond acceptors (Lipinski definition) is 5. The second-order valence-electron chi connectivity index (χ2n) is 6.31. The number of aromatic nitrogens is 2. The van der Waals surface area contributed by atoms with Crippen molar-refractivity contribution in [1.82, 2.24) is 20.4 Å². The van der Waals surface area contributed by atoms with Crippen molar-refractivity contribution in [3.8, 4) is 0 Å². The van der Waals surface area contributed by atoms with E-state index >= 15 is 0 Å². The molecular weight excluding hydrogens is 304 g/mol. The number of piperidine rings is 1. The summed E-state index contributed by atoms with van der Waals surface area (Å²) in [6.45, 7) is 5.57. The zero-order chi connectivity index (χ0) is 16.8. The molecule has 0 aromatic carbocycles. The number of nitrogens with zero attached hydrogens (tertiary/aromatic N) is 3. The van der Waals surface area contributed by atoms with E-state index < -0.39 is 0 Å². The molecular formula is C18H24N4O2. The lowest BCUT2D eigenvalue weighted by Crippen LogP contribution is -2.34. The number of nitrogens with one attached hydrogen (secondary N) is 1. The third-order valence-electron chi connectivity index (χ3n) is 4.34. The maximum atomic E-state index is 11.9. The fourth-order valence-corrected chi connectivity index (χ4v) is 3.10. The van der Waals surface area contributed by atoms with Crippen LogP contribution in [0, 0.1) is 0 Å². The van der Waals surface area contributed by atoms with E-state index in [1.54, 1.807) is 12.3 Å². The average Bonchev–Trinajstić information content (AvgIpc) is 3.11. The Morgan fingerprint density at radius 1 is 1.50 bits per heavy atom. The Morgan fingerprint density at radius 3 is 3.21 bits per heavy atom. The Bertz CT molecular complexity index is 656. The topological polar surface area (TPSA) is 71.3 Å². The number of hydrogen-bond donors (Lipinski definition) is 1. The number of carbonyl (C=O) groups is 1. The van der Waals surface area contributed by atoms with Crippen LogP contribution in [-0.2, 0) is 6.54 Å². The van der Waals surface area contributed by atoms with E-state index in [0.29, 0.717) is 18.2 Å². The van der Waals surface area contributed by atoms with Gasteiger partial charge in [0, 0.05) is 44.0 Å². The van der Waals surface area contributed by atoms with Gasteiger partial charge in [-0.1, -0.05) is 18.1 Å². The summed E-state index contributed by atoms with van der Waals surface area (Å²) >= 11 is 0. The van der Waals surface area contributed by atoms with Crippen LogP contribution < -0.4 is 5.32 Å². The highest BCUT2D eigenvalue weighted by Crippen LogP contribution is 2.27. The third-order valence-corrected chi connectivity index (χ3v) is 4.34. The maximum Gasteiger partial charge on any atom is 0.289 e. The van der Waals surface area contributed by atoms with Crippen molar-refractivity contribution < 1.29 is 9.32 Å². The molecule has 0 aliphatic carbocycles. The molecule has 2 aromatic rings. The highest BCUT2D eigenvalue weighted by atomic mass is 16.5. The van der Waals surface area contributed by atoms with E-state index in [1.807, 2.05) is 19.2 Å². The number of likely N-dealkylation sites (tertiary alicyclic amines) is 1. The number of rotatable bonds is 6. The first-order chi connectivity index (χ1) is 11.8. The fourth-order valence-electron chi connectivity index (χ4n) is 3.10. The van der Waals surface area contributed by atoms with Gasteiger partial charge >= 0.3 is 0 Å². The highest BCUT2D eigenvalue weighted by molar-refractivity contribution is 5.91. The lowest BCUT2D eigenvalue weighted by molar-refractivity contribution is 0.0916. The van der Waals surface area contributed by atoms with Crippen molar-refractivity contribution in [2.24, 2.45) is 0 Å². The Labute approximate surface area is 142 Å². The smallest absolute Gasteiger partial charge is 0.289 e. The minimum absolute atomic E-state index is 0.182. The first-order valence-electron chi connectivity index (χ1n) is 8.62. The van der Waals surface area contributed by atoms with Gasteiger partial charge in [0.05, 0.1) is 5.69 Å². The summed E-state index contributed by atoms with van der Waals surface area (Å²) in [7, 11) is 0.